The van der Waals surface area contributed by atoms with Crippen LogP contribution < -0.4 is 54.0 Å². The van der Waals surface area contributed by atoms with Crippen molar-refractivity contribution in [3.63, 3.8) is 0 Å². The van der Waals surface area contributed by atoms with Crippen molar-refractivity contribution < 1.29 is 78.0 Å². The van der Waals surface area contributed by atoms with Crippen LogP contribution in [-0.4, -0.2) is 159 Å². The van der Waals surface area contributed by atoms with Crippen LogP contribution in [0.1, 0.15) is 145 Å². The van der Waals surface area contributed by atoms with Crippen molar-refractivity contribution in [3.05, 3.63) is 29.8 Å². The number of aliphatic imine (C=N–C) groups is 1. The maximum absolute atomic E-state index is 14.3. The topological polar surface area (TPSA) is 446 Å². The predicted molar refractivity (Wildman–Crippen MR) is 306 cm³/mol. The maximum atomic E-state index is 14.3. The second-order valence-electron chi connectivity index (χ2n) is 22.1. The lowest BCUT2D eigenvalue weighted by atomic mass is 9.90. The Labute approximate surface area is 485 Å². The van der Waals surface area contributed by atoms with Gasteiger partial charge in [-0.25, -0.2) is 0 Å². The number of phenolic OH excluding ortho intramolecular Hbond substituents is 1. The zero-order valence-electron chi connectivity index (χ0n) is 49.5. The third-order valence-electron chi connectivity index (χ3n) is 13.7. The van der Waals surface area contributed by atoms with E-state index < -0.39 is 176 Å². The average Bonchev–Trinajstić information content (AvgIpc) is 3.45. The van der Waals surface area contributed by atoms with Crippen LogP contribution in [0.5, 0.6) is 5.75 Å². The molecule has 0 saturated carbocycles. The molecule has 10 unspecified atom stereocenters. The molecule has 0 spiro atoms. The molecule has 466 valence electrons. The molecule has 10 atom stereocenters. The molecule has 0 aliphatic carbocycles. The van der Waals surface area contributed by atoms with Crippen LogP contribution >= 0.6 is 0 Å². The lowest BCUT2D eigenvalue weighted by Gasteiger charge is -2.30. The number of amides is 7. The van der Waals surface area contributed by atoms with Crippen molar-refractivity contribution in [2.45, 2.75) is 194 Å². The number of aromatic hydroxyl groups is 1. The summed E-state index contributed by atoms with van der Waals surface area (Å²) in [5.74, 6) is -14.4. The Balaban J connectivity index is 3.70. The molecular weight excluding hydrogens is 1080 g/mol. The summed E-state index contributed by atoms with van der Waals surface area (Å²) >= 11 is 0. The summed E-state index contributed by atoms with van der Waals surface area (Å²) in [6.07, 6.45) is -3.62. The molecule has 1 aromatic carbocycles. The number of carbonyl (C=O) groups is 12. The SMILES string of the molecule is CCC(C)C(NC(=O)C(CCC(=O)O)NC(=O)C(CCC(=O)O)NC(=O)C(CCC(=O)O)CC(=O)C(Cc1ccc(O)cc1)NC(=O)C(CC(C)C)NC)C(=O)NC(CCCN=C(N)N)C(=O)NC(C(=O)NC(CC(C)C)C(C)=O)C(C)C. The molecule has 1 rings (SSSR count). The van der Waals surface area contributed by atoms with Crippen LogP contribution in [0.25, 0.3) is 0 Å². The molecule has 0 heterocycles. The van der Waals surface area contributed by atoms with E-state index >= 15 is 0 Å². The monoisotopic (exact) mass is 1170 g/mol. The first-order chi connectivity index (χ1) is 38.8. The molecule has 0 aliphatic heterocycles. The molecule has 0 bridgehead atoms. The summed E-state index contributed by atoms with van der Waals surface area (Å²) in [5.41, 5.74) is 11.5. The van der Waals surface area contributed by atoms with E-state index in [1.54, 1.807) is 34.7 Å². The maximum Gasteiger partial charge on any atom is 0.303 e. The van der Waals surface area contributed by atoms with E-state index in [4.69, 9.17) is 11.5 Å². The largest absolute Gasteiger partial charge is 0.508 e. The molecule has 1 aromatic rings. The Hall–Kier alpha value is -7.71. The van der Waals surface area contributed by atoms with Gasteiger partial charge in [0.2, 0.25) is 41.4 Å². The number of carboxylic acid groups (broad SMARTS) is 3. The standard InChI is InChI=1S/C56H91N11O16/c1-11-32(8)48(55(83)63-37(13-12-24-60-56(57)58)51(79)66-47(31(6)7)54(82)64-40(33(9)68)25-29(2)3)67-52(80)39(20-23-46(75)76)62-50(78)38(19-22-45(73)74)61-49(77)35(16-21-44(71)72)28-43(70)41(27-34-14-17-36(69)18-15-34)65-53(81)42(59-10)26-30(4)5/h14-15,17-18,29-32,35,37-42,47-48,59,69H,11-13,16,19-28H2,1-10H3,(H,61,77)(H,62,78)(H,63,83)(H,64,82)(H,65,81)(H,66,79)(H,67,80)(H,71,72)(H,73,74)(H,75,76)(H4,57,58,60). The highest BCUT2D eigenvalue weighted by molar-refractivity contribution is 5.98. The molecule has 0 fully saturated rings. The number of aliphatic carboxylic acids is 3. The molecule has 0 radical (unpaired) electrons. The van der Waals surface area contributed by atoms with Crippen molar-refractivity contribution in [2.24, 2.45) is 46.0 Å². The van der Waals surface area contributed by atoms with E-state index in [1.165, 1.54) is 31.2 Å². The Kier molecular flexibility index (Phi) is 33.0. The number of carbonyl (C=O) groups excluding carboxylic acids is 9. The fourth-order valence-corrected chi connectivity index (χ4v) is 8.69. The average molecular weight is 1170 g/mol. The zero-order chi connectivity index (χ0) is 63.3. The quantitative estimate of drug-likeness (QED) is 0.0241. The van der Waals surface area contributed by atoms with Crippen LogP contribution in [0.15, 0.2) is 29.3 Å². The fraction of sp³-hybridized carbons (Fsp3) is 0.661. The van der Waals surface area contributed by atoms with Crippen molar-refractivity contribution in [1.82, 2.24) is 42.5 Å². The van der Waals surface area contributed by atoms with E-state index in [0.717, 1.165) is 0 Å². The Morgan fingerprint density at radius 2 is 0.952 bits per heavy atom. The van der Waals surface area contributed by atoms with Crippen molar-refractivity contribution >= 4 is 76.8 Å². The number of guanidine groups is 1. The smallest absolute Gasteiger partial charge is 0.303 e. The number of benzene rings is 1. The van der Waals surface area contributed by atoms with Gasteiger partial charge < -0.3 is 74.4 Å². The van der Waals surface area contributed by atoms with Crippen LogP contribution in [0.4, 0.5) is 0 Å². The van der Waals surface area contributed by atoms with Crippen LogP contribution in [0.2, 0.25) is 0 Å². The second kappa shape index (κ2) is 37.4. The van der Waals surface area contributed by atoms with Crippen molar-refractivity contribution in [1.29, 1.82) is 0 Å². The van der Waals surface area contributed by atoms with E-state index in [1.807, 2.05) is 27.7 Å². The summed E-state index contributed by atoms with van der Waals surface area (Å²) in [6.45, 7) is 15.5. The Morgan fingerprint density at radius 1 is 0.530 bits per heavy atom. The molecule has 27 nitrogen and oxygen atoms in total. The van der Waals surface area contributed by atoms with E-state index in [0.29, 0.717) is 18.4 Å². The van der Waals surface area contributed by atoms with Gasteiger partial charge in [-0.2, -0.15) is 0 Å². The number of nitrogens with zero attached hydrogens (tertiary/aromatic N) is 1. The first-order valence-corrected chi connectivity index (χ1v) is 28.1. The van der Waals surface area contributed by atoms with Crippen LogP contribution in [0, 0.1) is 29.6 Å². The van der Waals surface area contributed by atoms with E-state index in [2.05, 4.69) is 47.5 Å². The van der Waals surface area contributed by atoms with Gasteiger partial charge in [0, 0.05) is 38.1 Å². The summed E-state index contributed by atoms with van der Waals surface area (Å²) in [7, 11) is 1.56. The number of likely N-dealkylation sites (N-methyl/N-ethyl adjacent to an activating group) is 1. The number of hydrogen-bond acceptors (Lipinski definition) is 15. The fourth-order valence-electron chi connectivity index (χ4n) is 8.69. The van der Waals surface area contributed by atoms with Gasteiger partial charge in [0.15, 0.2) is 17.5 Å². The van der Waals surface area contributed by atoms with Crippen LogP contribution in [0.3, 0.4) is 0 Å². The van der Waals surface area contributed by atoms with Gasteiger partial charge in [0.1, 0.15) is 36.0 Å². The molecule has 7 amide bonds. The first-order valence-electron chi connectivity index (χ1n) is 28.1. The minimum absolute atomic E-state index is 0.0233. The highest BCUT2D eigenvalue weighted by Crippen LogP contribution is 2.20. The number of hydrogen-bond donors (Lipinski definition) is 14. The molecule has 0 aromatic heterocycles. The summed E-state index contributed by atoms with van der Waals surface area (Å²) in [6, 6.07) is -4.69. The minimum atomic E-state index is -1.80. The van der Waals surface area contributed by atoms with Gasteiger partial charge >= 0.3 is 17.9 Å². The summed E-state index contributed by atoms with van der Waals surface area (Å²) in [5, 5.41) is 59.9. The molecule has 27 heteroatoms. The Morgan fingerprint density at radius 3 is 1.42 bits per heavy atom. The highest BCUT2D eigenvalue weighted by atomic mass is 16.4. The molecular formula is C56H91N11O16. The third kappa shape index (κ3) is 28.7. The van der Waals surface area contributed by atoms with Crippen molar-refractivity contribution in [2.75, 3.05) is 13.6 Å². The first kappa shape index (κ1) is 73.3. The molecule has 83 heavy (non-hydrogen) atoms. The highest BCUT2D eigenvalue weighted by Gasteiger charge is 2.37. The third-order valence-corrected chi connectivity index (χ3v) is 13.7. The number of nitrogens with two attached hydrogens (primary N) is 2. The molecule has 0 aliphatic rings. The van der Waals surface area contributed by atoms with E-state index in [9.17, 15) is 78.0 Å². The van der Waals surface area contributed by atoms with E-state index in [-0.39, 0.29) is 61.6 Å². The predicted octanol–water partition coefficient (Wildman–Crippen LogP) is 0.523. The van der Waals surface area contributed by atoms with Gasteiger partial charge in [0.25, 0.3) is 0 Å². The zero-order valence-corrected chi connectivity index (χ0v) is 49.5. The van der Waals surface area contributed by atoms with Gasteiger partial charge in [-0.3, -0.25) is 62.5 Å². The summed E-state index contributed by atoms with van der Waals surface area (Å²) < 4.78 is 0. The normalized spacial score (nSPS) is 14.9. The number of nitrogens with one attached hydrogen (secondary N) is 8. The van der Waals surface area contributed by atoms with Gasteiger partial charge in [-0.05, 0) is 107 Å². The number of phenols is 1. The van der Waals surface area contributed by atoms with Gasteiger partial charge in [0.05, 0.1) is 18.1 Å². The minimum Gasteiger partial charge on any atom is -0.508 e. The van der Waals surface area contributed by atoms with Gasteiger partial charge in [-0.15, -0.1) is 0 Å². The number of Topliss-reactive ketones (excluding diaryl/α,β-unsaturated/α-hetero) is 2. The lowest BCUT2D eigenvalue weighted by molar-refractivity contribution is -0.141. The summed E-state index contributed by atoms with van der Waals surface area (Å²) in [4.78, 5) is 165. The number of carboxylic acids is 3. The molecule has 0 saturated heterocycles. The number of rotatable bonds is 41. The molecule has 16 N–H and O–H groups in total. The van der Waals surface area contributed by atoms with Gasteiger partial charge in [-0.1, -0.05) is 73.9 Å². The lowest BCUT2D eigenvalue weighted by Crippen LogP contribution is -2.61. The van der Waals surface area contributed by atoms with Crippen molar-refractivity contribution in [3.8, 4) is 5.75 Å². The second-order valence-corrected chi connectivity index (χ2v) is 22.1. The number of ketones is 2. The Bertz CT molecular complexity index is 2400. The van der Waals surface area contributed by atoms with Crippen LogP contribution in [-0.2, 0) is 64.0 Å².